The number of aromatic nitrogens is 1. The topological polar surface area (TPSA) is 88.3 Å². The highest BCUT2D eigenvalue weighted by Gasteiger charge is 2.29. The van der Waals surface area contributed by atoms with Crippen molar-refractivity contribution in [1.82, 2.24) is 10.3 Å². The fourth-order valence-electron chi connectivity index (χ4n) is 2.92. The van der Waals surface area contributed by atoms with E-state index in [2.05, 4.69) is 17.2 Å². The maximum Gasteiger partial charge on any atom is 0.340 e. The largest absolute Gasteiger partial charge is 0.462 e. The second kappa shape index (κ2) is 9.71. The Morgan fingerprint density at radius 2 is 1.78 bits per heavy atom. The number of carbonyl (C=O) groups excluding carboxylic acids is 3. The molecule has 6 nitrogen and oxygen atoms in total. The Balaban J connectivity index is 2.41. The molecule has 0 atom stereocenters. The molecule has 0 saturated heterocycles. The molecule has 0 saturated carbocycles. The monoisotopic (exact) mass is 370 g/mol. The third kappa shape index (κ3) is 4.84. The van der Waals surface area contributed by atoms with Gasteiger partial charge in [0.1, 0.15) is 5.69 Å². The number of nitrogens with one attached hydrogen (secondary N) is 2. The number of Topliss-reactive ketones (excluding diaryl/α,β-unsaturated/α-hetero) is 1. The van der Waals surface area contributed by atoms with E-state index < -0.39 is 17.7 Å². The molecule has 2 aromatic rings. The van der Waals surface area contributed by atoms with Crippen LogP contribution in [0.4, 0.5) is 0 Å². The third-order valence-corrected chi connectivity index (χ3v) is 4.23. The number of amides is 1. The number of hydrogen-bond acceptors (Lipinski definition) is 4. The first-order valence-electron chi connectivity index (χ1n) is 9.28. The lowest BCUT2D eigenvalue weighted by molar-refractivity contribution is -0.117. The summed E-state index contributed by atoms with van der Waals surface area (Å²) in [5.41, 5.74) is 1.96. The van der Waals surface area contributed by atoms with Crippen LogP contribution in [0.3, 0.4) is 0 Å². The summed E-state index contributed by atoms with van der Waals surface area (Å²) in [6.07, 6.45) is 2.83. The normalized spacial score (nSPS) is 10.5. The molecule has 1 aromatic heterocycles. The molecule has 0 radical (unpaired) electrons. The average Bonchev–Trinajstić information content (AvgIpc) is 3.02. The summed E-state index contributed by atoms with van der Waals surface area (Å²) in [4.78, 5) is 40.4. The van der Waals surface area contributed by atoms with Crippen LogP contribution in [0.1, 0.15) is 59.7 Å². The maximum absolute atomic E-state index is 12.8. The van der Waals surface area contributed by atoms with Gasteiger partial charge in [0.15, 0.2) is 0 Å². The quantitative estimate of drug-likeness (QED) is 0.305. The summed E-state index contributed by atoms with van der Waals surface area (Å²) >= 11 is 0. The van der Waals surface area contributed by atoms with Crippen molar-refractivity contribution in [3.8, 4) is 11.1 Å². The van der Waals surface area contributed by atoms with Gasteiger partial charge in [0.05, 0.1) is 12.2 Å². The molecule has 6 heteroatoms. The Hall–Kier alpha value is -2.89. The number of esters is 1. The Morgan fingerprint density at radius 3 is 2.41 bits per heavy atom. The Bertz CT molecular complexity index is 809. The van der Waals surface area contributed by atoms with Gasteiger partial charge in [0.2, 0.25) is 0 Å². The van der Waals surface area contributed by atoms with Crippen LogP contribution in [-0.2, 0) is 9.53 Å². The molecule has 0 aliphatic heterocycles. The summed E-state index contributed by atoms with van der Waals surface area (Å²) in [6, 6.07) is 9.05. The van der Waals surface area contributed by atoms with Crippen molar-refractivity contribution in [1.29, 1.82) is 0 Å². The van der Waals surface area contributed by atoms with Crippen molar-refractivity contribution >= 4 is 17.7 Å². The van der Waals surface area contributed by atoms with Crippen molar-refractivity contribution in [2.75, 3.05) is 13.2 Å². The van der Waals surface area contributed by atoms with Gasteiger partial charge in [-0.3, -0.25) is 9.59 Å². The lowest BCUT2D eigenvalue weighted by atomic mass is 9.98. The molecule has 0 fully saturated rings. The van der Waals surface area contributed by atoms with Crippen LogP contribution in [0, 0.1) is 6.92 Å². The molecular weight excluding hydrogens is 344 g/mol. The first kappa shape index (κ1) is 20.4. The van der Waals surface area contributed by atoms with Crippen LogP contribution in [0.2, 0.25) is 0 Å². The summed E-state index contributed by atoms with van der Waals surface area (Å²) < 4.78 is 5.15. The molecule has 1 aromatic carbocycles. The van der Waals surface area contributed by atoms with E-state index in [0.29, 0.717) is 23.4 Å². The van der Waals surface area contributed by atoms with Gasteiger partial charge < -0.3 is 15.0 Å². The standard InChI is InChI=1S/C21H26N2O4/c1-4-6-10-13-22-20(25)19(24)18-17(15-11-8-7-9-12-15)16(14(3)23-18)21(26)27-5-2/h7-9,11-12,23H,4-6,10,13H2,1-3H3,(H,22,25). The van der Waals surface area contributed by atoms with Crippen LogP contribution in [0.5, 0.6) is 0 Å². The Labute approximate surface area is 159 Å². The molecular formula is C21H26N2O4. The predicted octanol–water partition coefficient (Wildman–Crippen LogP) is 3.66. The van der Waals surface area contributed by atoms with E-state index in [9.17, 15) is 14.4 Å². The lowest BCUT2D eigenvalue weighted by Gasteiger charge is -2.08. The highest BCUT2D eigenvalue weighted by molar-refractivity contribution is 6.43. The molecule has 2 rings (SSSR count). The second-order valence-electron chi connectivity index (χ2n) is 6.25. The predicted molar refractivity (Wildman–Crippen MR) is 104 cm³/mol. The zero-order valence-corrected chi connectivity index (χ0v) is 16.1. The minimum absolute atomic E-state index is 0.106. The van der Waals surface area contributed by atoms with Crippen LogP contribution in [0.25, 0.3) is 11.1 Å². The first-order valence-corrected chi connectivity index (χ1v) is 9.28. The van der Waals surface area contributed by atoms with E-state index in [1.807, 2.05) is 18.2 Å². The highest BCUT2D eigenvalue weighted by atomic mass is 16.5. The van der Waals surface area contributed by atoms with Gasteiger partial charge in [0.25, 0.3) is 11.7 Å². The molecule has 1 heterocycles. The molecule has 27 heavy (non-hydrogen) atoms. The van der Waals surface area contributed by atoms with Crippen LogP contribution >= 0.6 is 0 Å². The van der Waals surface area contributed by atoms with Gasteiger partial charge >= 0.3 is 5.97 Å². The maximum atomic E-state index is 12.8. The van der Waals surface area contributed by atoms with E-state index in [0.717, 1.165) is 19.3 Å². The molecule has 0 spiro atoms. The number of ketones is 1. The number of aryl methyl sites for hydroxylation is 1. The summed E-state index contributed by atoms with van der Waals surface area (Å²) in [6.45, 7) is 6.15. The van der Waals surface area contributed by atoms with Crippen molar-refractivity contribution in [2.45, 2.75) is 40.0 Å². The lowest BCUT2D eigenvalue weighted by Crippen LogP contribution is -2.32. The molecule has 0 aliphatic rings. The summed E-state index contributed by atoms with van der Waals surface area (Å²) in [7, 11) is 0. The molecule has 0 aliphatic carbocycles. The van der Waals surface area contributed by atoms with E-state index >= 15 is 0 Å². The number of unbranched alkanes of at least 4 members (excludes halogenated alkanes) is 2. The third-order valence-electron chi connectivity index (χ3n) is 4.23. The molecule has 2 N–H and O–H groups in total. The van der Waals surface area contributed by atoms with Gasteiger partial charge in [-0.25, -0.2) is 4.79 Å². The van der Waals surface area contributed by atoms with Crippen molar-refractivity contribution < 1.29 is 19.1 Å². The van der Waals surface area contributed by atoms with Gasteiger partial charge in [-0.15, -0.1) is 0 Å². The number of H-pyrrole nitrogens is 1. The number of ether oxygens (including phenoxy) is 1. The number of benzene rings is 1. The number of carbonyl (C=O) groups is 3. The number of rotatable bonds is 9. The minimum Gasteiger partial charge on any atom is -0.462 e. The summed E-state index contributed by atoms with van der Waals surface area (Å²) in [5, 5.41) is 2.65. The van der Waals surface area contributed by atoms with Crippen LogP contribution < -0.4 is 5.32 Å². The molecule has 0 unspecified atom stereocenters. The Morgan fingerprint density at radius 1 is 1.07 bits per heavy atom. The van der Waals surface area contributed by atoms with E-state index in [1.165, 1.54) is 0 Å². The van der Waals surface area contributed by atoms with E-state index in [-0.39, 0.29) is 17.9 Å². The zero-order chi connectivity index (χ0) is 19.8. The zero-order valence-electron chi connectivity index (χ0n) is 16.1. The summed E-state index contributed by atoms with van der Waals surface area (Å²) in [5.74, 6) is -1.89. The SMILES string of the molecule is CCCCCNC(=O)C(=O)c1[nH]c(C)c(C(=O)OCC)c1-c1ccccc1. The fourth-order valence-corrected chi connectivity index (χ4v) is 2.92. The van der Waals surface area contributed by atoms with Gasteiger partial charge in [0, 0.05) is 17.8 Å². The molecule has 0 bridgehead atoms. The van der Waals surface area contributed by atoms with Crippen molar-refractivity contribution in [2.24, 2.45) is 0 Å². The van der Waals surface area contributed by atoms with Crippen LogP contribution in [0.15, 0.2) is 30.3 Å². The van der Waals surface area contributed by atoms with Crippen LogP contribution in [-0.4, -0.2) is 35.8 Å². The number of aromatic amines is 1. The highest BCUT2D eigenvalue weighted by Crippen LogP contribution is 2.31. The smallest absolute Gasteiger partial charge is 0.340 e. The minimum atomic E-state index is -0.691. The molecule has 144 valence electrons. The number of hydrogen-bond donors (Lipinski definition) is 2. The van der Waals surface area contributed by atoms with Gasteiger partial charge in [-0.1, -0.05) is 50.1 Å². The van der Waals surface area contributed by atoms with Crippen molar-refractivity contribution in [3.63, 3.8) is 0 Å². The Kier molecular flexibility index (Phi) is 7.34. The second-order valence-corrected chi connectivity index (χ2v) is 6.25. The fraction of sp³-hybridized carbons (Fsp3) is 0.381. The average molecular weight is 370 g/mol. The van der Waals surface area contributed by atoms with Gasteiger partial charge in [-0.05, 0) is 25.8 Å². The first-order chi connectivity index (χ1) is 13.0. The van der Waals surface area contributed by atoms with E-state index in [1.54, 1.807) is 26.0 Å². The molecule has 1 amide bonds. The van der Waals surface area contributed by atoms with Crippen molar-refractivity contribution in [3.05, 3.63) is 47.3 Å². The van der Waals surface area contributed by atoms with E-state index in [4.69, 9.17) is 4.74 Å². The van der Waals surface area contributed by atoms with Gasteiger partial charge in [-0.2, -0.15) is 0 Å².